The Hall–Kier alpha value is -2.86. The molecule has 0 atom stereocenters. The molecule has 1 aromatic heterocycles. The highest BCUT2D eigenvalue weighted by molar-refractivity contribution is 7.09. The molecule has 0 radical (unpaired) electrons. The Morgan fingerprint density at radius 3 is 2.65 bits per heavy atom. The summed E-state index contributed by atoms with van der Waals surface area (Å²) < 4.78 is 10.2. The minimum Gasteiger partial charge on any atom is -0.486 e. The van der Waals surface area contributed by atoms with E-state index in [1.165, 1.54) is 16.7 Å². The van der Waals surface area contributed by atoms with E-state index in [1.54, 1.807) is 0 Å². The summed E-state index contributed by atoms with van der Waals surface area (Å²) >= 11 is 1.29. The maximum absolute atomic E-state index is 10.4. The molecule has 0 amide bonds. The van der Waals surface area contributed by atoms with Gasteiger partial charge in [-0.05, 0) is 23.3 Å². The average Bonchev–Trinajstić information content (AvgIpc) is 3.01. The first-order chi connectivity index (χ1) is 11.2. The van der Waals surface area contributed by atoms with Crippen LogP contribution in [0.1, 0.15) is 5.01 Å². The van der Waals surface area contributed by atoms with E-state index in [0.29, 0.717) is 5.01 Å². The molecule has 3 aromatic rings. The van der Waals surface area contributed by atoms with E-state index < -0.39 is 6.16 Å². The molecular formula is C17H13NO4S. The van der Waals surface area contributed by atoms with E-state index in [9.17, 15) is 4.79 Å². The molecule has 0 aliphatic carbocycles. The van der Waals surface area contributed by atoms with E-state index in [1.807, 2.05) is 54.6 Å². The zero-order chi connectivity index (χ0) is 16.1. The Kier molecular flexibility index (Phi) is 4.54. The predicted octanol–water partition coefficient (Wildman–Crippen LogP) is 4.45. The Morgan fingerprint density at radius 2 is 1.87 bits per heavy atom. The van der Waals surface area contributed by atoms with Crippen LogP contribution in [0.15, 0.2) is 60.0 Å². The first-order valence-corrected chi connectivity index (χ1v) is 7.72. The quantitative estimate of drug-likeness (QED) is 0.701. The van der Waals surface area contributed by atoms with Gasteiger partial charge >= 0.3 is 6.16 Å². The van der Waals surface area contributed by atoms with Gasteiger partial charge in [-0.2, -0.15) is 0 Å². The van der Waals surface area contributed by atoms with Crippen molar-refractivity contribution < 1.29 is 19.4 Å². The van der Waals surface area contributed by atoms with Gasteiger partial charge in [0.25, 0.3) is 0 Å². The van der Waals surface area contributed by atoms with Gasteiger partial charge in [0.2, 0.25) is 5.88 Å². The van der Waals surface area contributed by atoms with Crippen molar-refractivity contribution in [1.29, 1.82) is 0 Å². The van der Waals surface area contributed by atoms with Crippen molar-refractivity contribution in [2.24, 2.45) is 0 Å². The average molecular weight is 327 g/mol. The lowest BCUT2D eigenvalue weighted by atomic mass is 10.1. The van der Waals surface area contributed by atoms with Crippen LogP contribution in [-0.4, -0.2) is 16.2 Å². The Morgan fingerprint density at radius 1 is 1.09 bits per heavy atom. The molecule has 0 unspecified atom stereocenters. The normalized spacial score (nSPS) is 10.3. The summed E-state index contributed by atoms with van der Waals surface area (Å²) in [6.07, 6.45) is -1.38. The number of carbonyl (C=O) groups is 1. The first-order valence-electron chi connectivity index (χ1n) is 6.84. The van der Waals surface area contributed by atoms with Crippen molar-refractivity contribution in [3.05, 3.63) is 65.0 Å². The number of hydrogen-bond acceptors (Lipinski definition) is 5. The van der Waals surface area contributed by atoms with Crippen LogP contribution in [0, 0.1) is 0 Å². The number of nitrogens with zero attached hydrogens (tertiary/aromatic N) is 1. The van der Waals surface area contributed by atoms with Gasteiger partial charge in [0.05, 0.1) is 5.38 Å². The minimum atomic E-state index is -1.38. The van der Waals surface area contributed by atoms with Gasteiger partial charge < -0.3 is 14.6 Å². The fourth-order valence-electron chi connectivity index (χ4n) is 2.04. The van der Waals surface area contributed by atoms with Crippen molar-refractivity contribution in [3.63, 3.8) is 0 Å². The summed E-state index contributed by atoms with van der Waals surface area (Å²) in [4.78, 5) is 14.5. The summed E-state index contributed by atoms with van der Waals surface area (Å²) in [6, 6.07) is 17.8. The molecule has 1 N–H and O–H groups in total. The molecule has 2 aromatic carbocycles. The molecule has 0 saturated carbocycles. The highest BCUT2D eigenvalue weighted by atomic mass is 32.1. The summed E-state index contributed by atoms with van der Waals surface area (Å²) in [6.45, 7) is 0.256. The topological polar surface area (TPSA) is 68.7 Å². The summed E-state index contributed by atoms with van der Waals surface area (Å²) in [7, 11) is 0. The Balaban J connectivity index is 1.67. The molecule has 0 aliphatic heterocycles. The first kappa shape index (κ1) is 15.1. The van der Waals surface area contributed by atoms with E-state index in [0.717, 1.165) is 16.9 Å². The van der Waals surface area contributed by atoms with Crippen LogP contribution in [0.2, 0.25) is 0 Å². The summed E-state index contributed by atoms with van der Waals surface area (Å²) in [5.74, 6) is 0.793. The van der Waals surface area contributed by atoms with Crippen molar-refractivity contribution >= 4 is 17.5 Å². The largest absolute Gasteiger partial charge is 0.512 e. The number of thiazole rings is 1. The molecule has 0 bridgehead atoms. The standard InChI is InChI=1S/C17H13NO4S/c19-17(20)22-15-11-23-16(18-15)10-21-14-8-4-7-13(9-14)12-5-2-1-3-6-12/h1-9,11H,10H2,(H,19,20). The second-order valence-corrected chi connectivity index (χ2v) is 5.57. The number of ether oxygens (including phenoxy) is 2. The number of hydrogen-bond donors (Lipinski definition) is 1. The zero-order valence-corrected chi connectivity index (χ0v) is 12.8. The lowest BCUT2D eigenvalue weighted by Crippen LogP contribution is -2.03. The smallest absolute Gasteiger partial charge is 0.486 e. The molecule has 0 aliphatic rings. The van der Waals surface area contributed by atoms with Crippen LogP contribution < -0.4 is 9.47 Å². The Labute approximate surface area is 136 Å². The van der Waals surface area contributed by atoms with Gasteiger partial charge in [0, 0.05) is 0 Å². The van der Waals surface area contributed by atoms with Gasteiger partial charge in [0.15, 0.2) is 0 Å². The second-order valence-electron chi connectivity index (χ2n) is 4.63. The molecule has 0 fully saturated rings. The van der Waals surface area contributed by atoms with Crippen molar-refractivity contribution in [3.8, 4) is 22.8 Å². The number of carboxylic acid groups (broad SMARTS) is 1. The van der Waals surface area contributed by atoms with Crippen LogP contribution in [0.5, 0.6) is 11.6 Å². The van der Waals surface area contributed by atoms with Crippen LogP contribution in [-0.2, 0) is 6.61 Å². The minimum absolute atomic E-state index is 0.0686. The lowest BCUT2D eigenvalue weighted by molar-refractivity contribution is 0.142. The maximum atomic E-state index is 10.4. The van der Waals surface area contributed by atoms with Crippen molar-refractivity contribution in [1.82, 2.24) is 4.98 Å². The van der Waals surface area contributed by atoms with Gasteiger partial charge in [0.1, 0.15) is 17.4 Å². The predicted molar refractivity (Wildman–Crippen MR) is 87.0 cm³/mol. The van der Waals surface area contributed by atoms with E-state index in [4.69, 9.17) is 9.84 Å². The summed E-state index contributed by atoms with van der Waals surface area (Å²) in [5, 5.41) is 10.7. The molecule has 23 heavy (non-hydrogen) atoms. The van der Waals surface area contributed by atoms with Crippen LogP contribution in [0.25, 0.3) is 11.1 Å². The third-order valence-electron chi connectivity index (χ3n) is 3.03. The lowest BCUT2D eigenvalue weighted by Gasteiger charge is -2.07. The third-order valence-corrected chi connectivity index (χ3v) is 3.83. The van der Waals surface area contributed by atoms with Crippen molar-refractivity contribution in [2.75, 3.05) is 0 Å². The second kappa shape index (κ2) is 6.93. The third kappa shape index (κ3) is 4.08. The van der Waals surface area contributed by atoms with Crippen molar-refractivity contribution in [2.45, 2.75) is 6.61 Å². The van der Waals surface area contributed by atoms with E-state index in [-0.39, 0.29) is 12.5 Å². The molecule has 116 valence electrons. The van der Waals surface area contributed by atoms with E-state index in [2.05, 4.69) is 9.72 Å². The highest BCUT2D eigenvalue weighted by Crippen LogP contribution is 2.25. The fraction of sp³-hybridized carbons (Fsp3) is 0.0588. The maximum Gasteiger partial charge on any atom is 0.512 e. The zero-order valence-electron chi connectivity index (χ0n) is 12.0. The SMILES string of the molecule is O=C(O)Oc1csc(COc2cccc(-c3ccccc3)c2)n1. The molecule has 6 heteroatoms. The van der Waals surface area contributed by atoms with Gasteiger partial charge in [-0.15, -0.1) is 11.3 Å². The summed E-state index contributed by atoms with van der Waals surface area (Å²) in [5.41, 5.74) is 2.18. The molecule has 3 rings (SSSR count). The van der Waals surface area contributed by atoms with E-state index >= 15 is 0 Å². The highest BCUT2D eigenvalue weighted by Gasteiger charge is 2.07. The molecular weight excluding hydrogens is 314 g/mol. The molecule has 0 saturated heterocycles. The molecule has 1 heterocycles. The van der Waals surface area contributed by atoms with Gasteiger partial charge in [-0.3, -0.25) is 0 Å². The fourth-order valence-corrected chi connectivity index (χ4v) is 2.65. The van der Waals surface area contributed by atoms with Crippen LogP contribution in [0.3, 0.4) is 0 Å². The van der Waals surface area contributed by atoms with Crippen LogP contribution in [0.4, 0.5) is 4.79 Å². The van der Waals surface area contributed by atoms with Gasteiger partial charge in [-0.25, -0.2) is 9.78 Å². The van der Waals surface area contributed by atoms with Crippen LogP contribution >= 0.6 is 11.3 Å². The number of rotatable bonds is 5. The number of benzene rings is 2. The Bertz CT molecular complexity index is 801. The van der Waals surface area contributed by atoms with Gasteiger partial charge in [-0.1, -0.05) is 42.5 Å². The number of aromatic nitrogens is 1. The molecule has 5 nitrogen and oxygen atoms in total. The monoisotopic (exact) mass is 327 g/mol. The molecule has 0 spiro atoms.